The minimum Gasteiger partial charge on any atom is -0.357 e. The Labute approximate surface area is 171 Å². The number of hydrogen-bond donors (Lipinski definition) is 2. The van der Waals surface area contributed by atoms with Gasteiger partial charge in [0.05, 0.1) is 12.2 Å². The predicted octanol–water partition coefficient (Wildman–Crippen LogP) is 3.28. The molecule has 0 radical (unpaired) electrons. The first-order valence-electron chi connectivity index (χ1n) is 8.59. The van der Waals surface area contributed by atoms with Gasteiger partial charge >= 0.3 is 0 Å². The normalized spacial score (nSPS) is 11.3. The van der Waals surface area contributed by atoms with Crippen molar-refractivity contribution in [2.75, 3.05) is 13.1 Å². The van der Waals surface area contributed by atoms with Gasteiger partial charge in [-0.3, -0.25) is 4.68 Å². The summed E-state index contributed by atoms with van der Waals surface area (Å²) in [6.07, 6.45) is 3.99. The average Bonchev–Trinajstić information content (AvgIpc) is 3.15. The zero-order chi connectivity index (χ0) is 17.4. The molecule has 0 unspecified atom stereocenters. The third-order valence-corrected chi connectivity index (χ3v) is 4.74. The molecule has 140 valence electrons. The quantitative estimate of drug-likeness (QED) is 0.266. The first-order chi connectivity index (χ1) is 11.6. The molecule has 0 atom stereocenters. The number of rotatable bonds is 8. The van der Waals surface area contributed by atoms with Crippen LogP contribution in [-0.2, 0) is 19.5 Å². The molecule has 0 saturated carbocycles. The molecule has 0 spiro atoms. The molecular weight excluding hydrogens is 447 g/mol. The number of halogens is 1. The zero-order valence-corrected chi connectivity index (χ0v) is 18.6. The van der Waals surface area contributed by atoms with Gasteiger partial charge in [0.1, 0.15) is 5.01 Å². The second kappa shape index (κ2) is 11.5. The zero-order valence-electron chi connectivity index (χ0n) is 15.5. The van der Waals surface area contributed by atoms with Crippen LogP contribution < -0.4 is 10.6 Å². The summed E-state index contributed by atoms with van der Waals surface area (Å²) in [5, 5.41) is 12.2. The van der Waals surface area contributed by atoms with E-state index >= 15 is 0 Å². The molecule has 0 aliphatic heterocycles. The van der Waals surface area contributed by atoms with Crippen molar-refractivity contribution in [2.24, 2.45) is 4.99 Å². The molecular formula is C17H29IN6S. The lowest BCUT2D eigenvalue weighted by Gasteiger charge is -2.11. The number of hydrogen-bond acceptors (Lipinski definition) is 4. The van der Waals surface area contributed by atoms with Gasteiger partial charge in [0, 0.05) is 36.4 Å². The Morgan fingerprint density at radius 1 is 1.28 bits per heavy atom. The van der Waals surface area contributed by atoms with Crippen molar-refractivity contribution < 1.29 is 0 Å². The Morgan fingerprint density at radius 2 is 2.08 bits per heavy atom. The lowest BCUT2D eigenvalue weighted by molar-refractivity contribution is 0.555. The third kappa shape index (κ3) is 7.31. The number of guanidine groups is 1. The van der Waals surface area contributed by atoms with Gasteiger partial charge in [0.25, 0.3) is 0 Å². The molecule has 0 aromatic carbocycles. The van der Waals surface area contributed by atoms with Crippen LogP contribution in [0.3, 0.4) is 0 Å². The van der Waals surface area contributed by atoms with E-state index in [1.807, 2.05) is 13.1 Å². The van der Waals surface area contributed by atoms with E-state index in [9.17, 15) is 0 Å². The third-order valence-electron chi connectivity index (χ3n) is 3.61. The van der Waals surface area contributed by atoms with Crippen LogP contribution >= 0.6 is 35.3 Å². The molecule has 6 nitrogen and oxygen atoms in total. The fourth-order valence-corrected chi connectivity index (χ4v) is 3.20. The lowest BCUT2D eigenvalue weighted by atomic mass is 10.4. The number of thiazole rings is 1. The van der Waals surface area contributed by atoms with E-state index in [1.165, 1.54) is 10.6 Å². The highest BCUT2D eigenvalue weighted by atomic mass is 127. The van der Waals surface area contributed by atoms with E-state index < -0.39 is 0 Å². The van der Waals surface area contributed by atoms with Crippen LogP contribution in [0.4, 0.5) is 0 Å². The van der Waals surface area contributed by atoms with E-state index in [4.69, 9.17) is 0 Å². The number of nitrogens with zero attached hydrogens (tertiary/aromatic N) is 4. The van der Waals surface area contributed by atoms with E-state index in [2.05, 4.69) is 57.2 Å². The van der Waals surface area contributed by atoms with E-state index in [-0.39, 0.29) is 24.0 Å². The minimum atomic E-state index is 0. The van der Waals surface area contributed by atoms with Gasteiger partial charge in [0.15, 0.2) is 5.96 Å². The Morgan fingerprint density at radius 3 is 2.68 bits per heavy atom. The molecule has 2 rings (SSSR count). The first kappa shape index (κ1) is 21.9. The highest BCUT2D eigenvalue weighted by molar-refractivity contribution is 14.0. The first-order valence-corrected chi connectivity index (χ1v) is 9.40. The fraction of sp³-hybridized carbons (Fsp3) is 0.588. The summed E-state index contributed by atoms with van der Waals surface area (Å²) in [5.74, 6) is 0.846. The van der Waals surface area contributed by atoms with E-state index in [0.717, 1.165) is 49.1 Å². The van der Waals surface area contributed by atoms with Crippen LogP contribution in [0.15, 0.2) is 17.3 Å². The maximum atomic E-state index is 4.62. The van der Waals surface area contributed by atoms with Gasteiger partial charge < -0.3 is 10.6 Å². The van der Waals surface area contributed by atoms with Gasteiger partial charge in [-0.05, 0) is 39.7 Å². The second-order valence-corrected chi connectivity index (χ2v) is 6.90. The van der Waals surface area contributed by atoms with Crippen molar-refractivity contribution in [2.45, 2.75) is 53.6 Å². The number of aliphatic imine (C=N–C) groups is 1. The number of aromatic nitrogens is 3. The molecule has 0 fully saturated rings. The van der Waals surface area contributed by atoms with Crippen LogP contribution in [0.2, 0.25) is 0 Å². The molecule has 0 saturated heterocycles. The topological polar surface area (TPSA) is 67.1 Å². The van der Waals surface area contributed by atoms with Crippen LogP contribution in [0.1, 0.15) is 41.5 Å². The smallest absolute Gasteiger partial charge is 0.191 e. The molecule has 0 amide bonds. The number of aryl methyl sites for hydroxylation is 4. The minimum absolute atomic E-state index is 0. The lowest BCUT2D eigenvalue weighted by Crippen LogP contribution is -2.38. The molecule has 0 aliphatic carbocycles. The summed E-state index contributed by atoms with van der Waals surface area (Å²) >= 11 is 1.74. The fourth-order valence-electron chi connectivity index (χ4n) is 2.41. The summed E-state index contributed by atoms with van der Waals surface area (Å²) in [7, 11) is 0. The number of nitrogens with one attached hydrogen (secondary N) is 2. The molecule has 0 bridgehead atoms. The maximum Gasteiger partial charge on any atom is 0.191 e. The van der Waals surface area contributed by atoms with E-state index in [0.29, 0.717) is 6.54 Å². The summed E-state index contributed by atoms with van der Waals surface area (Å²) < 4.78 is 2.06. The van der Waals surface area contributed by atoms with Gasteiger partial charge in [-0.1, -0.05) is 6.92 Å². The van der Waals surface area contributed by atoms with Crippen molar-refractivity contribution in [3.05, 3.63) is 33.5 Å². The average molecular weight is 476 g/mol. The molecule has 25 heavy (non-hydrogen) atoms. The van der Waals surface area contributed by atoms with Crippen molar-refractivity contribution >= 4 is 41.3 Å². The Bertz CT molecular complexity index is 664. The van der Waals surface area contributed by atoms with Gasteiger partial charge in [-0.25, -0.2) is 9.98 Å². The largest absolute Gasteiger partial charge is 0.357 e. The monoisotopic (exact) mass is 476 g/mol. The van der Waals surface area contributed by atoms with Gasteiger partial charge in [-0.15, -0.1) is 35.3 Å². The SMILES string of the molecule is CCNC(=NCc1ncc(CC)s1)NCCCn1nc(C)cc1C.I. The summed E-state index contributed by atoms with van der Waals surface area (Å²) in [4.78, 5) is 10.3. The summed E-state index contributed by atoms with van der Waals surface area (Å²) in [6, 6.07) is 2.11. The summed E-state index contributed by atoms with van der Waals surface area (Å²) in [5.41, 5.74) is 2.29. The van der Waals surface area contributed by atoms with Crippen LogP contribution in [0.5, 0.6) is 0 Å². The molecule has 8 heteroatoms. The van der Waals surface area contributed by atoms with Crippen molar-refractivity contribution in [3.63, 3.8) is 0 Å². The van der Waals surface area contributed by atoms with Gasteiger partial charge in [-0.2, -0.15) is 5.10 Å². The summed E-state index contributed by atoms with van der Waals surface area (Å²) in [6.45, 7) is 11.6. The predicted molar refractivity (Wildman–Crippen MR) is 116 cm³/mol. The van der Waals surface area contributed by atoms with Crippen molar-refractivity contribution in [3.8, 4) is 0 Å². The second-order valence-electron chi connectivity index (χ2n) is 5.70. The molecule has 0 aliphatic rings. The highest BCUT2D eigenvalue weighted by Gasteiger charge is 2.03. The van der Waals surface area contributed by atoms with Crippen molar-refractivity contribution in [1.82, 2.24) is 25.4 Å². The van der Waals surface area contributed by atoms with Crippen LogP contribution in [0.25, 0.3) is 0 Å². The highest BCUT2D eigenvalue weighted by Crippen LogP contribution is 2.13. The molecule has 2 aromatic heterocycles. The molecule has 2 heterocycles. The van der Waals surface area contributed by atoms with Crippen LogP contribution in [0, 0.1) is 13.8 Å². The molecule has 2 N–H and O–H groups in total. The Balaban J connectivity index is 0.00000312. The Kier molecular flexibility index (Phi) is 10.0. The van der Waals surface area contributed by atoms with E-state index in [1.54, 1.807) is 11.3 Å². The standard InChI is InChI=1S/C17H28N6S.HI/c1-5-15-11-20-16(24-15)12-21-17(18-6-2)19-8-7-9-23-14(4)10-13(3)22-23;/h10-11H,5-9,12H2,1-4H3,(H2,18,19,21);1H. The van der Waals surface area contributed by atoms with Crippen LogP contribution in [-0.4, -0.2) is 33.8 Å². The Hall–Kier alpha value is -1.16. The van der Waals surface area contributed by atoms with Gasteiger partial charge in [0.2, 0.25) is 0 Å². The maximum absolute atomic E-state index is 4.62. The van der Waals surface area contributed by atoms with Crippen molar-refractivity contribution in [1.29, 1.82) is 0 Å². The molecule has 2 aromatic rings.